The van der Waals surface area contributed by atoms with E-state index in [1.165, 1.54) is 32.8 Å². The molecule has 1 fully saturated rings. The monoisotopic (exact) mass is 277 g/mol. The summed E-state index contributed by atoms with van der Waals surface area (Å²) in [7, 11) is 1.35. The zero-order valence-corrected chi connectivity index (χ0v) is 12.2. The second-order valence-electron chi connectivity index (χ2n) is 5.54. The van der Waals surface area contributed by atoms with Gasteiger partial charge >= 0.3 is 5.97 Å². The third-order valence-electron chi connectivity index (χ3n) is 4.37. The van der Waals surface area contributed by atoms with E-state index >= 15 is 0 Å². The van der Waals surface area contributed by atoms with Gasteiger partial charge < -0.3 is 15.8 Å². The lowest BCUT2D eigenvalue weighted by molar-refractivity contribution is 0.0594. The van der Waals surface area contributed by atoms with Gasteiger partial charge in [0.2, 0.25) is 0 Å². The van der Waals surface area contributed by atoms with Gasteiger partial charge in [0, 0.05) is 6.54 Å². The molecule has 1 aliphatic carbocycles. The quantitative estimate of drug-likeness (QED) is 0.809. The van der Waals surface area contributed by atoms with Crippen molar-refractivity contribution in [3.8, 4) is 0 Å². The molecular formula is C15H23N3O2. The van der Waals surface area contributed by atoms with Crippen LogP contribution in [0.25, 0.3) is 0 Å². The van der Waals surface area contributed by atoms with Crippen LogP contribution in [0.2, 0.25) is 0 Å². The summed E-state index contributed by atoms with van der Waals surface area (Å²) in [5.74, 6) is 0.131. The number of ether oxygens (including phenoxy) is 1. The molecule has 1 aromatic rings. The van der Waals surface area contributed by atoms with Crippen molar-refractivity contribution in [1.29, 1.82) is 0 Å². The topological polar surface area (TPSA) is 77.2 Å². The molecule has 110 valence electrons. The number of pyridine rings is 1. The van der Waals surface area contributed by atoms with Crippen LogP contribution >= 0.6 is 0 Å². The summed E-state index contributed by atoms with van der Waals surface area (Å²) >= 11 is 0. The van der Waals surface area contributed by atoms with E-state index in [-0.39, 0.29) is 5.69 Å². The van der Waals surface area contributed by atoms with Crippen LogP contribution in [0.5, 0.6) is 0 Å². The Bertz CT molecular complexity index is 482. The molecule has 3 N–H and O–H groups in total. The second kappa shape index (κ2) is 6.11. The third kappa shape index (κ3) is 3.03. The van der Waals surface area contributed by atoms with Gasteiger partial charge in [-0.15, -0.1) is 0 Å². The normalized spacial score (nSPS) is 16.9. The van der Waals surface area contributed by atoms with Gasteiger partial charge in [0.15, 0.2) is 5.69 Å². The smallest absolute Gasteiger partial charge is 0.356 e. The lowest BCUT2D eigenvalue weighted by atomic mass is 9.83. The van der Waals surface area contributed by atoms with Gasteiger partial charge in [-0.25, -0.2) is 9.78 Å². The molecule has 1 aromatic heterocycles. The zero-order chi connectivity index (χ0) is 14.6. The van der Waals surface area contributed by atoms with E-state index in [1.54, 1.807) is 12.1 Å². The van der Waals surface area contributed by atoms with Crippen LogP contribution in [0, 0.1) is 5.41 Å². The predicted molar refractivity (Wildman–Crippen MR) is 79.7 cm³/mol. The number of rotatable bonds is 5. The fourth-order valence-electron chi connectivity index (χ4n) is 2.88. The summed E-state index contributed by atoms with van der Waals surface area (Å²) in [6.07, 6.45) is 6.22. The minimum atomic E-state index is -0.445. The Morgan fingerprint density at radius 1 is 1.45 bits per heavy atom. The fraction of sp³-hybridized carbons (Fsp3) is 0.600. The first-order valence-corrected chi connectivity index (χ1v) is 7.19. The number of anilines is 2. The molecular weight excluding hydrogens is 254 g/mol. The number of hydrogen-bond acceptors (Lipinski definition) is 5. The molecule has 0 bridgehead atoms. The standard InChI is InChI=1S/C15H23N3O2/c1-3-15(8-4-5-9-15)10-17-13-11(16)6-7-12(18-13)14(19)20-2/h6-7H,3-5,8-10,16H2,1-2H3,(H,17,18). The number of esters is 1. The van der Waals surface area contributed by atoms with Crippen molar-refractivity contribution in [3.05, 3.63) is 17.8 Å². The fourth-order valence-corrected chi connectivity index (χ4v) is 2.88. The molecule has 1 heterocycles. The molecule has 0 saturated heterocycles. The predicted octanol–water partition coefficient (Wildman–Crippen LogP) is 2.83. The second-order valence-corrected chi connectivity index (χ2v) is 5.54. The Balaban J connectivity index is 2.10. The average Bonchev–Trinajstić information content (AvgIpc) is 2.95. The number of nitrogens with two attached hydrogens (primary N) is 1. The van der Waals surface area contributed by atoms with E-state index < -0.39 is 5.97 Å². The molecule has 0 atom stereocenters. The number of nitrogen functional groups attached to an aromatic ring is 1. The van der Waals surface area contributed by atoms with Crippen molar-refractivity contribution in [3.63, 3.8) is 0 Å². The highest BCUT2D eigenvalue weighted by Crippen LogP contribution is 2.41. The van der Waals surface area contributed by atoms with E-state index in [2.05, 4.69) is 22.0 Å². The Morgan fingerprint density at radius 3 is 2.75 bits per heavy atom. The van der Waals surface area contributed by atoms with Crippen LogP contribution in [0.3, 0.4) is 0 Å². The summed E-state index contributed by atoms with van der Waals surface area (Å²) < 4.78 is 4.68. The Labute approximate surface area is 119 Å². The summed E-state index contributed by atoms with van der Waals surface area (Å²) in [6.45, 7) is 3.08. The highest BCUT2D eigenvalue weighted by molar-refractivity contribution is 5.88. The SMILES string of the molecule is CCC1(CNc2nc(C(=O)OC)ccc2N)CCCC1. The highest BCUT2D eigenvalue weighted by atomic mass is 16.5. The first-order valence-electron chi connectivity index (χ1n) is 7.19. The number of hydrogen-bond donors (Lipinski definition) is 2. The van der Waals surface area contributed by atoms with E-state index in [1.807, 2.05) is 0 Å². The number of nitrogens with zero attached hydrogens (tertiary/aromatic N) is 1. The number of nitrogens with one attached hydrogen (secondary N) is 1. The van der Waals surface area contributed by atoms with Crippen molar-refractivity contribution in [1.82, 2.24) is 4.98 Å². The van der Waals surface area contributed by atoms with Crippen molar-refractivity contribution in [2.45, 2.75) is 39.0 Å². The van der Waals surface area contributed by atoms with Gasteiger partial charge in [-0.1, -0.05) is 19.8 Å². The molecule has 5 nitrogen and oxygen atoms in total. The van der Waals surface area contributed by atoms with Crippen LogP contribution in [0.1, 0.15) is 49.5 Å². The zero-order valence-electron chi connectivity index (χ0n) is 12.2. The summed E-state index contributed by atoms with van der Waals surface area (Å²) in [5, 5.41) is 3.32. The van der Waals surface area contributed by atoms with Gasteiger partial charge in [-0.3, -0.25) is 0 Å². The maximum absolute atomic E-state index is 11.5. The summed E-state index contributed by atoms with van der Waals surface area (Å²) in [4.78, 5) is 15.8. The van der Waals surface area contributed by atoms with Crippen LogP contribution in [0.15, 0.2) is 12.1 Å². The lowest BCUT2D eigenvalue weighted by Gasteiger charge is -2.28. The number of methoxy groups -OCH3 is 1. The molecule has 1 aliphatic rings. The van der Waals surface area contributed by atoms with Crippen LogP contribution in [-0.2, 0) is 4.74 Å². The van der Waals surface area contributed by atoms with E-state index in [0.29, 0.717) is 16.9 Å². The first kappa shape index (κ1) is 14.6. The van der Waals surface area contributed by atoms with Gasteiger partial charge in [0.25, 0.3) is 0 Å². The third-order valence-corrected chi connectivity index (χ3v) is 4.37. The molecule has 0 radical (unpaired) electrons. The number of aromatic nitrogens is 1. The Morgan fingerprint density at radius 2 is 2.15 bits per heavy atom. The molecule has 0 unspecified atom stereocenters. The van der Waals surface area contributed by atoms with Crippen molar-refractivity contribution < 1.29 is 9.53 Å². The van der Waals surface area contributed by atoms with Crippen LogP contribution in [-0.4, -0.2) is 24.6 Å². The molecule has 0 aromatic carbocycles. The lowest BCUT2D eigenvalue weighted by Crippen LogP contribution is -2.26. The number of carbonyl (C=O) groups excluding carboxylic acids is 1. The van der Waals surface area contributed by atoms with E-state index in [9.17, 15) is 4.79 Å². The Hall–Kier alpha value is -1.78. The molecule has 5 heteroatoms. The first-order chi connectivity index (χ1) is 9.60. The van der Waals surface area contributed by atoms with E-state index in [4.69, 9.17) is 5.73 Å². The van der Waals surface area contributed by atoms with Crippen molar-refractivity contribution >= 4 is 17.5 Å². The minimum absolute atomic E-state index is 0.279. The molecule has 1 saturated carbocycles. The maximum Gasteiger partial charge on any atom is 0.356 e. The number of carbonyl (C=O) groups is 1. The summed E-state index contributed by atoms with van der Waals surface area (Å²) in [6, 6.07) is 3.27. The molecule has 0 spiro atoms. The average molecular weight is 277 g/mol. The van der Waals surface area contributed by atoms with Gasteiger partial charge in [-0.05, 0) is 36.8 Å². The summed E-state index contributed by atoms with van der Waals surface area (Å²) in [5.41, 5.74) is 7.10. The molecule has 2 rings (SSSR count). The maximum atomic E-state index is 11.5. The van der Waals surface area contributed by atoms with Gasteiger partial charge in [0.05, 0.1) is 12.8 Å². The Kier molecular flexibility index (Phi) is 4.47. The van der Waals surface area contributed by atoms with Gasteiger partial charge in [-0.2, -0.15) is 0 Å². The van der Waals surface area contributed by atoms with Crippen molar-refractivity contribution in [2.75, 3.05) is 24.7 Å². The molecule has 20 heavy (non-hydrogen) atoms. The largest absolute Gasteiger partial charge is 0.464 e. The van der Waals surface area contributed by atoms with E-state index in [0.717, 1.165) is 13.0 Å². The highest BCUT2D eigenvalue weighted by Gasteiger charge is 2.31. The van der Waals surface area contributed by atoms with Crippen molar-refractivity contribution in [2.24, 2.45) is 5.41 Å². The van der Waals surface area contributed by atoms with Gasteiger partial charge in [0.1, 0.15) is 5.82 Å². The molecule has 0 aliphatic heterocycles. The molecule has 0 amide bonds. The minimum Gasteiger partial charge on any atom is -0.464 e. The van der Waals surface area contributed by atoms with Crippen LogP contribution in [0.4, 0.5) is 11.5 Å². The van der Waals surface area contributed by atoms with Crippen LogP contribution < -0.4 is 11.1 Å².